The summed E-state index contributed by atoms with van der Waals surface area (Å²) in [5, 5.41) is 0. The first-order valence-corrected chi connectivity index (χ1v) is 3.58. The van der Waals surface area contributed by atoms with Gasteiger partial charge < -0.3 is 0 Å². The number of nitrogens with zero attached hydrogens (tertiary/aromatic N) is 1. The second kappa shape index (κ2) is 2.64. The molecule has 3 nitrogen and oxygen atoms in total. The van der Waals surface area contributed by atoms with E-state index in [0.717, 1.165) is 4.70 Å². The molecule has 3 heteroatoms. The third kappa shape index (κ3) is 1.23. The SMILES string of the molecule is CN[N+]1(NC)CCCC1. The van der Waals surface area contributed by atoms with Gasteiger partial charge in [-0.2, -0.15) is 15.6 Å². The van der Waals surface area contributed by atoms with Crippen LogP contribution in [-0.2, 0) is 0 Å². The van der Waals surface area contributed by atoms with Gasteiger partial charge >= 0.3 is 0 Å². The van der Waals surface area contributed by atoms with Crippen LogP contribution in [0, 0.1) is 0 Å². The molecule has 54 valence electrons. The van der Waals surface area contributed by atoms with Gasteiger partial charge in [-0.25, -0.2) is 0 Å². The molecule has 0 saturated carbocycles. The number of nitrogens with one attached hydrogen (secondary N) is 2. The van der Waals surface area contributed by atoms with Crippen molar-refractivity contribution in [3.05, 3.63) is 0 Å². The first kappa shape index (κ1) is 6.99. The van der Waals surface area contributed by atoms with Gasteiger partial charge in [0, 0.05) is 26.9 Å². The summed E-state index contributed by atoms with van der Waals surface area (Å²) in [4.78, 5) is 0. The predicted octanol–water partition coefficient (Wildman–Crippen LogP) is -0.134. The Balaban J connectivity index is 2.45. The molecule has 0 aromatic heterocycles. The molecule has 0 aromatic carbocycles. The van der Waals surface area contributed by atoms with E-state index in [4.69, 9.17) is 0 Å². The van der Waals surface area contributed by atoms with Crippen molar-refractivity contribution in [1.82, 2.24) is 10.9 Å². The minimum Gasteiger partial charge on any atom is -0.172 e. The summed E-state index contributed by atoms with van der Waals surface area (Å²) >= 11 is 0. The third-order valence-electron chi connectivity index (χ3n) is 2.19. The average Bonchev–Trinajstić information content (AvgIpc) is 2.36. The van der Waals surface area contributed by atoms with E-state index >= 15 is 0 Å². The molecule has 1 rings (SSSR count). The summed E-state index contributed by atoms with van der Waals surface area (Å²) in [5.74, 6) is 0. The Hall–Kier alpha value is -0.120. The fourth-order valence-electron chi connectivity index (χ4n) is 1.43. The van der Waals surface area contributed by atoms with Crippen LogP contribution < -0.4 is 10.9 Å². The predicted molar refractivity (Wildman–Crippen MR) is 37.3 cm³/mol. The van der Waals surface area contributed by atoms with Gasteiger partial charge in [-0.1, -0.05) is 0 Å². The van der Waals surface area contributed by atoms with Gasteiger partial charge in [-0.15, -0.1) is 0 Å². The summed E-state index contributed by atoms with van der Waals surface area (Å²) in [7, 11) is 4.00. The highest BCUT2D eigenvalue weighted by Gasteiger charge is 2.29. The van der Waals surface area contributed by atoms with Gasteiger partial charge in [-0.05, 0) is 0 Å². The number of hydrogen-bond donors (Lipinski definition) is 2. The van der Waals surface area contributed by atoms with E-state index in [1.165, 1.54) is 25.9 Å². The van der Waals surface area contributed by atoms with Crippen molar-refractivity contribution in [2.45, 2.75) is 12.8 Å². The third-order valence-corrected chi connectivity index (χ3v) is 2.19. The van der Waals surface area contributed by atoms with Crippen molar-refractivity contribution >= 4 is 0 Å². The van der Waals surface area contributed by atoms with Crippen molar-refractivity contribution < 1.29 is 4.70 Å². The summed E-state index contributed by atoms with van der Waals surface area (Å²) in [6.45, 7) is 2.43. The zero-order valence-electron chi connectivity index (χ0n) is 6.28. The molecule has 0 spiro atoms. The lowest BCUT2D eigenvalue weighted by Gasteiger charge is -2.29. The molecule has 1 saturated heterocycles. The van der Waals surface area contributed by atoms with Gasteiger partial charge in [-0.3, -0.25) is 0 Å². The fourth-order valence-corrected chi connectivity index (χ4v) is 1.43. The number of quaternary nitrogens is 1. The Kier molecular flexibility index (Phi) is 2.05. The molecular weight excluding hydrogens is 114 g/mol. The molecule has 2 N–H and O–H groups in total. The summed E-state index contributed by atoms with van der Waals surface area (Å²) in [5.41, 5.74) is 6.51. The van der Waals surface area contributed by atoms with E-state index in [0.29, 0.717) is 0 Å². The highest BCUT2D eigenvalue weighted by molar-refractivity contribution is 4.46. The molecule has 0 unspecified atom stereocenters. The fraction of sp³-hybridized carbons (Fsp3) is 1.00. The van der Waals surface area contributed by atoms with Crippen LogP contribution in [0.5, 0.6) is 0 Å². The normalized spacial score (nSPS) is 24.7. The lowest BCUT2D eigenvalue weighted by molar-refractivity contribution is -0.995. The van der Waals surface area contributed by atoms with Crippen LogP contribution in [-0.4, -0.2) is 31.9 Å². The number of hydrogen-bond acceptors (Lipinski definition) is 2. The molecule has 9 heavy (non-hydrogen) atoms. The molecule has 0 aromatic rings. The maximum atomic E-state index is 3.25. The lowest BCUT2D eigenvalue weighted by atomic mass is 10.4. The van der Waals surface area contributed by atoms with Crippen molar-refractivity contribution in [3.63, 3.8) is 0 Å². The Labute approximate surface area is 56.6 Å². The van der Waals surface area contributed by atoms with Crippen molar-refractivity contribution in [3.8, 4) is 0 Å². The van der Waals surface area contributed by atoms with Crippen molar-refractivity contribution in [2.75, 3.05) is 27.2 Å². The summed E-state index contributed by atoms with van der Waals surface area (Å²) < 4.78 is 0.889. The highest BCUT2D eigenvalue weighted by atomic mass is 15.8. The zero-order chi connectivity index (χ0) is 6.74. The van der Waals surface area contributed by atoms with E-state index < -0.39 is 0 Å². The Morgan fingerprint density at radius 3 is 1.67 bits per heavy atom. The average molecular weight is 130 g/mol. The summed E-state index contributed by atoms with van der Waals surface area (Å²) in [6.07, 6.45) is 2.67. The number of rotatable bonds is 2. The van der Waals surface area contributed by atoms with E-state index in [1.807, 2.05) is 14.1 Å². The van der Waals surface area contributed by atoms with Gasteiger partial charge in [0.05, 0.1) is 0 Å². The molecule has 1 aliphatic rings. The van der Waals surface area contributed by atoms with Crippen LogP contribution in [0.3, 0.4) is 0 Å². The van der Waals surface area contributed by atoms with Crippen LogP contribution in [0.4, 0.5) is 0 Å². The first-order chi connectivity index (χ1) is 4.33. The molecular formula is C6H16N3+. The van der Waals surface area contributed by atoms with Crippen LogP contribution in [0.15, 0.2) is 0 Å². The molecule has 1 fully saturated rings. The topological polar surface area (TPSA) is 24.1 Å². The Morgan fingerprint density at radius 2 is 1.44 bits per heavy atom. The minimum absolute atomic E-state index is 0.889. The minimum atomic E-state index is 0.889. The van der Waals surface area contributed by atoms with Crippen LogP contribution in [0.25, 0.3) is 0 Å². The lowest BCUT2D eigenvalue weighted by Crippen LogP contribution is -2.61. The maximum absolute atomic E-state index is 3.25. The van der Waals surface area contributed by atoms with Crippen molar-refractivity contribution in [2.24, 2.45) is 0 Å². The largest absolute Gasteiger partial charge is 0.172 e. The molecule has 0 bridgehead atoms. The molecule has 1 heterocycles. The van der Waals surface area contributed by atoms with E-state index in [9.17, 15) is 0 Å². The van der Waals surface area contributed by atoms with E-state index in [-0.39, 0.29) is 0 Å². The van der Waals surface area contributed by atoms with E-state index in [1.54, 1.807) is 0 Å². The quantitative estimate of drug-likeness (QED) is 0.509. The zero-order valence-corrected chi connectivity index (χ0v) is 6.28. The van der Waals surface area contributed by atoms with Crippen molar-refractivity contribution in [1.29, 1.82) is 0 Å². The summed E-state index contributed by atoms with van der Waals surface area (Å²) in [6, 6.07) is 0. The highest BCUT2D eigenvalue weighted by Crippen LogP contribution is 2.10. The second-order valence-electron chi connectivity index (χ2n) is 2.57. The maximum Gasteiger partial charge on any atom is 0.115 e. The van der Waals surface area contributed by atoms with Gasteiger partial charge in [0.15, 0.2) is 0 Å². The van der Waals surface area contributed by atoms with Crippen LogP contribution in [0.2, 0.25) is 0 Å². The Bertz CT molecular complexity index is 80.3. The van der Waals surface area contributed by atoms with E-state index in [2.05, 4.69) is 10.9 Å². The Morgan fingerprint density at radius 1 is 1.00 bits per heavy atom. The van der Waals surface area contributed by atoms with Gasteiger partial charge in [0.2, 0.25) is 0 Å². The standard InChI is InChI=1S/C6H16N3/c1-7-9(8-2)5-3-4-6-9/h7-8H,3-6H2,1-2H3/q+1. The molecule has 0 aliphatic carbocycles. The second-order valence-corrected chi connectivity index (χ2v) is 2.57. The van der Waals surface area contributed by atoms with Crippen LogP contribution in [0.1, 0.15) is 12.8 Å². The molecule has 0 radical (unpaired) electrons. The smallest absolute Gasteiger partial charge is 0.115 e. The molecule has 1 aliphatic heterocycles. The molecule has 0 amide bonds. The van der Waals surface area contributed by atoms with Crippen LogP contribution >= 0.6 is 0 Å². The first-order valence-electron chi connectivity index (χ1n) is 3.58. The molecule has 0 atom stereocenters. The van der Waals surface area contributed by atoms with Gasteiger partial charge in [0.1, 0.15) is 13.1 Å². The van der Waals surface area contributed by atoms with Gasteiger partial charge in [0.25, 0.3) is 0 Å². The monoisotopic (exact) mass is 130 g/mol.